The standard InChI is InChI=1S/C18H30ClN3O3/c1-4-14(5-2)16(22-8-10-24-11-9-22)12-20-17(23)7-6-15-13(3)21-25-18(15)19/h14,16H,4-12H2,1-3H3,(H,20,23). The fraction of sp³-hybridized carbons (Fsp3) is 0.778. The molecular formula is C18H30ClN3O3. The lowest BCUT2D eigenvalue weighted by Crippen LogP contribution is -2.52. The van der Waals surface area contributed by atoms with Crippen molar-refractivity contribution in [1.82, 2.24) is 15.4 Å². The van der Waals surface area contributed by atoms with Crippen molar-refractivity contribution in [2.75, 3.05) is 32.8 Å². The highest BCUT2D eigenvalue weighted by atomic mass is 35.5. The molecule has 0 spiro atoms. The zero-order valence-electron chi connectivity index (χ0n) is 15.5. The zero-order valence-corrected chi connectivity index (χ0v) is 16.3. The van der Waals surface area contributed by atoms with E-state index in [1.165, 1.54) is 0 Å². The molecule has 1 aromatic rings. The molecule has 1 aliphatic heterocycles. The van der Waals surface area contributed by atoms with Crippen LogP contribution in [0.1, 0.15) is 44.4 Å². The van der Waals surface area contributed by atoms with Crippen LogP contribution in [0.3, 0.4) is 0 Å². The van der Waals surface area contributed by atoms with Crippen LogP contribution in [0.4, 0.5) is 0 Å². The van der Waals surface area contributed by atoms with Gasteiger partial charge in [-0.3, -0.25) is 9.69 Å². The van der Waals surface area contributed by atoms with Gasteiger partial charge in [0.1, 0.15) is 0 Å². The minimum atomic E-state index is 0.0425. The molecule has 1 unspecified atom stereocenters. The van der Waals surface area contributed by atoms with Crippen molar-refractivity contribution in [3.05, 3.63) is 16.5 Å². The molecule has 0 saturated carbocycles. The summed E-state index contributed by atoms with van der Waals surface area (Å²) in [6, 6.07) is 0.365. The number of halogens is 1. The van der Waals surface area contributed by atoms with Gasteiger partial charge in [0, 0.05) is 37.7 Å². The third-order valence-corrected chi connectivity index (χ3v) is 5.45. The first-order valence-corrected chi connectivity index (χ1v) is 9.63. The molecule has 1 atom stereocenters. The molecule has 1 amide bonds. The lowest BCUT2D eigenvalue weighted by molar-refractivity contribution is -0.121. The first-order valence-electron chi connectivity index (χ1n) is 9.25. The van der Waals surface area contributed by atoms with Crippen LogP contribution in [0, 0.1) is 12.8 Å². The highest BCUT2D eigenvalue weighted by Gasteiger charge is 2.27. The van der Waals surface area contributed by atoms with E-state index in [0.717, 1.165) is 50.4 Å². The van der Waals surface area contributed by atoms with Crippen LogP contribution in [0.2, 0.25) is 5.22 Å². The average molecular weight is 372 g/mol. The van der Waals surface area contributed by atoms with Crippen molar-refractivity contribution in [3.8, 4) is 0 Å². The number of carbonyl (C=O) groups excluding carboxylic acids is 1. The van der Waals surface area contributed by atoms with Gasteiger partial charge in [-0.15, -0.1) is 0 Å². The molecule has 0 radical (unpaired) electrons. The van der Waals surface area contributed by atoms with E-state index in [0.29, 0.717) is 31.3 Å². The van der Waals surface area contributed by atoms with Crippen molar-refractivity contribution < 1.29 is 14.1 Å². The van der Waals surface area contributed by atoms with Gasteiger partial charge < -0.3 is 14.6 Å². The normalized spacial score (nSPS) is 17.0. The van der Waals surface area contributed by atoms with Gasteiger partial charge in [-0.1, -0.05) is 31.8 Å². The van der Waals surface area contributed by atoms with E-state index in [1.54, 1.807) is 0 Å². The van der Waals surface area contributed by atoms with Crippen LogP contribution < -0.4 is 5.32 Å². The minimum Gasteiger partial charge on any atom is -0.379 e. The second-order valence-electron chi connectivity index (χ2n) is 6.62. The van der Waals surface area contributed by atoms with Gasteiger partial charge in [0.2, 0.25) is 11.1 Å². The quantitative estimate of drug-likeness (QED) is 0.723. The third kappa shape index (κ3) is 5.69. The molecule has 1 saturated heterocycles. The second kappa shape index (κ2) is 10.1. The highest BCUT2D eigenvalue weighted by molar-refractivity contribution is 6.29. The number of nitrogens with zero attached hydrogens (tertiary/aromatic N) is 2. The Bertz CT molecular complexity index is 520. The molecule has 6 nitrogen and oxygen atoms in total. The molecule has 1 aromatic heterocycles. The number of rotatable bonds is 9. The Hall–Kier alpha value is -1.11. The number of hydrogen-bond acceptors (Lipinski definition) is 5. The predicted molar refractivity (Wildman–Crippen MR) is 97.8 cm³/mol. The first kappa shape index (κ1) is 20.2. The smallest absolute Gasteiger partial charge is 0.229 e. The van der Waals surface area contributed by atoms with Crippen molar-refractivity contribution in [1.29, 1.82) is 0 Å². The maximum atomic E-state index is 12.3. The Kier molecular flexibility index (Phi) is 8.19. The molecule has 1 aliphatic rings. The van der Waals surface area contributed by atoms with Gasteiger partial charge in [0.15, 0.2) is 0 Å². The molecule has 142 valence electrons. The fourth-order valence-corrected chi connectivity index (χ4v) is 3.79. The molecule has 2 rings (SSSR count). The molecule has 1 fully saturated rings. The van der Waals surface area contributed by atoms with Crippen molar-refractivity contribution >= 4 is 17.5 Å². The molecule has 1 N–H and O–H groups in total. The van der Waals surface area contributed by atoms with Gasteiger partial charge in [0.05, 0.1) is 18.9 Å². The van der Waals surface area contributed by atoms with Gasteiger partial charge in [-0.2, -0.15) is 0 Å². The summed E-state index contributed by atoms with van der Waals surface area (Å²) >= 11 is 5.96. The fourth-order valence-electron chi connectivity index (χ4n) is 3.52. The number of amides is 1. The Balaban J connectivity index is 1.86. The van der Waals surface area contributed by atoms with E-state index in [9.17, 15) is 4.79 Å². The summed E-state index contributed by atoms with van der Waals surface area (Å²) in [6.07, 6.45) is 3.17. The topological polar surface area (TPSA) is 67.6 Å². The summed E-state index contributed by atoms with van der Waals surface area (Å²) in [7, 11) is 0. The van der Waals surface area contributed by atoms with Crippen molar-refractivity contribution in [2.24, 2.45) is 5.92 Å². The van der Waals surface area contributed by atoms with Crippen molar-refractivity contribution in [2.45, 2.75) is 52.5 Å². The molecular weight excluding hydrogens is 342 g/mol. The largest absolute Gasteiger partial charge is 0.379 e. The summed E-state index contributed by atoms with van der Waals surface area (Å²) in [5.74, 6) is 0.619. The number of ether oxygens (including phenoxy) is 1. The number of carbonyl (C=O) groups is 1. The first-order chi connectivity index (χ1) is 12.1. The summed E-state index contributed by atoms with van der Waals surface area (Å²) in [5.41, 5.74) is 1.57. The number of aryl methyl sites for hydroxylation is 1. The highest BCUT2D eigenvalue weighted by Crippen LogP contribution is 2.21. The SMILES string of the molecule is CCC(CC)C(CNC(=O)CCc1c(C)noc1Cl)N1CCOCC1. The van der Waals surface area contributed by atoms with Crippen LogP contribution in [-0.4, -0.2) is 54.9 Å². The van der Waals surface area contributed by atoms with E-state index in [1.807, 2.05) is 6.92 Å². The van der Waals surface area contributed by atoms with Crippen LogP contribution in [-0.2, 0) is 16.0 Å². The zero-order chi connectivity index (χ0) is 18.2. The minimum absolute atomic E-state index is 0.0425. The summed E-state index contributed by atoms with van der Waals surface area (Å²) in [6.45, 7) is 10.4. The Morgan fingerprint density at radius 2 is 2.00 bits per heavy atom. The summed E-state index contributed by atoms with van der Waals surface area (Å²) in [5, 5.41) is 7.22. The monoisotopic (exact) mass is 371 g/mol. The number of morpholine rings is 1. The second-order valence-corrected chi connectivity index (χ2v) is 6.96. The lowest BCUT2D eigenvalue weighted by Gasteiger charge is -2.38. The van der Waals surface area contributed by atoms with E-state index >= 15 is 0 Å². The van der Waals surface area contributed by atoms with Gasteiger partial charge in [0.25, 0.3) is 0 Å². The molecule has 0 aromatic carbocycles. The van der Waals surface area contributed by atoms with Crippen molar-refractivity contribution in [3.63, 3.8) is 0 Å². The molecule has 25 heavy (non-hydrogen) atoms. The lowest BCUT2D eigenvalue weighted by atomic mass is 9.92. The Labute approximate surface area is 155 Å². The Morgan fingerprint density at radius 3 is 2.56 bits per heavy atom. The van der Waals surface area contributed by atoms with E-state index < -0.39 is 0 Å². The van der Waals surface area contributed by atoms with Crippen LogP contribution in [0.25, 0.3) is 0 Å². The number of nitrogens with one attached hydrogen (secondary N) is 1. The molecule has 2 heterocycles. The molecule has 7 heteroatoms. The molecule has 0 bridgehead atoms. The summed E-state index contributed by atoms with van der Waals surface area (Å²) in [4.78, 5) is 14.8. The van der Waals surface area contributed by atoms with Gasteiger partial charge >= 0.3 is 0 Å². The van der Waals surface area contributed by atoms with E-state index in [2.05, 4.69) is 29.2 Å². The van der Waals surface area contributed by atoms with Gasteiger partial charge in [-0.25, -0.2) is 0 Å². The molecule has 0 aliphatic carbocycles. The summed E-state index contributed by atoms with van der Waals surface area (Å²) < 4.78 is 10.4. The Morgan fingerprint density at radius 1 is 1.32 bits per heavy atom. The number of aromatic nitrogens is 1. The van der Waals surface area contributed by atoms with Gasteiger partial charge in [-0.05, 0) is 30.9 Å². The van der Waals surface area contributed by atoms with Crippen LogP contribution >= 0.6 is 11.6 Å². The third-order valence-electron chi connectivity index (χ3n) is 5.15. The van der Waals surface area contributed by atoms with Crippen LogP contribution in [0.15, 0.2) is 4.52 Å². The average Bonchev–Trinajstić information content (AvgIpc) is 2.95. The van der Waals surface area contributed by atoms with E-state index in [-0.39, 0.29) is 11.1 Å². The number of hydrogen-bond donors (Lipinski definition) is 1. The van der Waals surface area contributed by atoms with E-state index in [4.69, 9.17) is 20.9 Å². The maximum Gasteiger partial charge on any atom is 0.229 e. The maximum absolute atomic E-state index is 12.3. The predicted octanol–water partition coefficient (Wildman–Crippen LogP) is 2.82. The van der Waals surface area contributed by atoms with Crippen LogP contribution in [0.5, 0.6) is 0 Å².